The number of carbonyl (C=O) groups is 2. The van der Waals surface area contributed by atoms with Crippen molar-refractivity contribution in [2.45, 2.75) is 103 Å². The van der Waals surface area contributed by atoms with E-state index in [9.17, 15) is 19.8 Å². The minimum atomic E-state index is -0.753. The van der Waals surface area contributed by atoms with Crippen LogP contribution in [0.4, 0.5) is 0 Å². The smallest absolute Gasteiger partial charge is 0.306 e. The van der Waals surface area contributed by atoms with Crippen LogP contribution < -0.4 is 18.9 Å². The highest BCUT2D eigenvalue weighted by atomic mass is 35.5. The van der Waals surface area contributed by atoms with E-state index in [2.05, 4.69) is 34.2 Å². The Bertz CT molecular complexity index is 2750. The van der Waals surface area contributed by atoms with Gasteiger partial charge in [-0.3, -0.25) is 19.6 Å². The lowest BCUT2D eigenvalue weighted by molar-refractivity contribution is -0.143. The summed E-state index contributed by atoms with van der Waals surface area (Å²) in [7, 11) is 3.11. The van der Waals surface area contributed by atoms with Crippen molar-refractivity contribution in [3.63, 3.8) is 0 Å². The second kappa shape index (κ2) is 20.5. The van der Waals surface area contributed by atoms with Gasteiger partial charge in [0.1, 0.15) is 35.1 Å². The summed E-state index contributed by atoms with van der Waals surface area (Å²) in [5.41, 5.74) is 10.2. The number of hydrogen-bond acceptors (Lipinski definition) is 12. The molecule has 2 aliphatic heterocycles. The Hall–Kier alpha value is -6.38. The molecule has 6 heterocycles. The molecule has 0 radical (unpaired) electrons. The Labute approximate surface area is 417 Å². The quantitative estimate of drug-likeness (QED) is 0.105. The van der Waals surface area contributed by atoms with Crippen molar-refractivity contribution in [2.24, 2.45) is 23.7 Å². The molecule has 0 bridgehead atoms. The fourth-order valence-corrected chi connectivity index (χ4v) is 10.5. The molecule has 16 heteroatoms. The number of ether oxygens (including phenoxy) is 4. The molecular formula is C54H56Cl2N6O8. The topological polar surface area (TPSA) is 189 Å². The van der Waals surface area contributed by atoms with Crippen molar-refractivity contribution in [3.05, 3.63) is 128 Å². The molecule has 2 aliphatic carbocycles. The maximum Gasteiger partial charge on any atom is 0.306 e. The fraction of sp³-hybridized carbons (Fsp3) is 0.407. The van der Waals surface area contributed by atoms with Gasteiger partial charge in [-0.1, -0.05) is 61.3 Å². The molecule has 0 spiro atoms. The predicted molar refractivity (Wildman–Crippen MR) is 264 cm³/mol. The molecule has 4 aliphatic rings. The van der Waals surface area contributed by atoms with Crippen molar-refractivity contribution in [1.82, 2.24) is 29.9 Å². The minimum absolute atomic E-state index is 0.00434. The zero-order valence-corrected chi connectivity index (χ0v) is 41.5. The van der Waals surface area contributed by atoms with Crippen LogP contribution in [0.5, 0.6) is 23.3 Å². The third kappa shape index (κ3) is 10.4. The van der Waals surface area contributed by atoms with E-state index in [-0.39, 0.29) is 24.0 Å². The number of benzene rings is 2. The number of hydrogen-bond donors (Lipinski definition) is 2. The molecule has 6 atom stereocenters. The van der Waals surface area contributed by atoms with Crippen molar-refractivity contribution in [2.75, 3.05) is 14.2 Å². The van der Waals surface area contributed by atoms with Gasteiger partial charge in [-0.15, -0.1) is 0 Å². The van der Waals surface area contributed by atoms with Crippen LogP contribution in [0, 0.1) is 37.5 Å². The number of nitrogens with zero attached hydrogens (tertiary/aromatic N) is 6. The van der Waals surface area contributed by atoms with Crippen LogP contribution in [0.2, 0.25) is 10.0 Å². The number of aliphatic carboxylic acids is 2. The lowest BCUT2D eigenvalue weighted by Gasteiger charge is -2.28. The molecule has 0 saturated heterocycles. The maximum atomic E-state index is 11.7. The highest BCUT2D eigenvalue weighted by Crippen LogP contribution is 2.50. The molecule has 0 unspecified atom stereocenters. The summed E-state index contributed by atoms with van der Waals surface area (Å²) in [4.78, 5) is 50.6. The molecule has 2 aromatic carbocycles. The van der Waals surface area contributed by atoms with Gasteiger partial charge in [-0.25, -0.2) is 19.9 Å². The van der Waals surface area contributed by atoms with Crippen molar-refractivity contribution >= 4 is 35.1 Å². The molecule has 14 nitrogen and oxygen atoms in total. The van der Waals surface area contributed by atoms with E-state index < -0.39 is 23.8 Å². The number of carboxylic acid groups (broad SMARTS) is 2. The molecule has 4 aromatic heterocycles. The molecule has 0 amide bonds. The van der Waals surface area contributed by atoms with Gasteiger partial charge in [0, 0.05) is 23.3 Å². The number of methoxy groups -OCH3 is 2. The first-order valence-corrected chi connectivity index (χ1v) is 24.6. The number of fused-ring (bicyclic) bond motifs is 2. The van der Waals surface area contributed by atoms with E-state index >= 15 is 0 Å². The van der Waals surface area contributed by atoms with Gasteiger partial charge in [-0.05, 0) is 123 Å². The molecular weight excluding hydrogens is 932 g/mol. The number of rotatable bonds is 14. The third-order valence-electron chi connectivity index (χ3n) is 14.2. The monoisotopic (exact) mass is 986 g/mol. The second-order valence-electron chi connectivity index (χ2n) is 18.9. The van der Waals surface area contributed by atoms with Gasteiger partial charge in [0.2, 0.25) is 11.8 Å². The van der Waals surface area contributed by atoms with Crippen LogP contribution in [-0.4, -0.2) is 66.3 Å². The number of aromatic nitrogens is 6. The SMILES string of the molecule is COc1cc(-c2cnc([C@@H]3CCc4ccc([C@H](C5CC5)[C@H](C)C(=O)O)cc4O3)c(C)n2)c(Cl)cn1.COc1cc(-c2cnc([C@H]3CCc4ccc([C@H](C5CC5)[C@H](C)C(=O)O)cc4O3)c(C)n2)c(Cl)cn1. The third-order valence-corrected chi connectivity index (χ3v) is 14.8. The van der Waals surface area contributed by atoms with E-state index in [1.54, 1.807) is 65.0 Å². The van der Waals surface area contributed by atoms with Crippen LogP contribution in [0.3, 0.4) is 0 Å². The molecule has 2 saturated carbocycles. The zero-order valence-electron chi connectivity index (χ0n) is 40.0. The highest BCUT2D eigenvalue weighted by Gasteiger charge is 2.41. The van der Waals surface area contributed by atoms with Crippen LogP contribution in [-0.2, 0) is 22.4 Å². The van der Waals surface area contributed by atoms with E-state index in [4.69, 9.17) is 62.1 Å². The number of halogens is 2. The summed E-state index contributed by atoms with van der Waals surface area (Å²) < 4.78 is 23.3. The zero-order chi connectivity index (χ0) is 49.4. The van der Waals surface area contributed by atoms with E-state index in [1.165, 1.54) is 0 Å². The molecule has 364 valence electrons. The Kier molecular flexibility index (Phi) is 14.3. The summed E-state index contributed by atoms with van der Waals surface area (Å²) in [5, 5.41) is 20.2. The Balaban J connectivity index is 0.000000174. The van der Waals surface area contributed by atoms with Gasteiger partial charge >= 0.3 is 11.9 Å². The molecule has 2 fully saturated rings. The largest absolute Gasteiger partial charge is 0.484 e. The molecule has 2 N–H and O–H groups in total. The highest BCUT2D eigenvalue weighted by molar-refractivity contribution is 6.33. The van der Waals surface area contributed by atoms with Crippen LogP contribution in [0.15, 0.2) is 73.3 Å². The number of aryl methyl sites for hydroxylation is 4. The van der Waals surface area contributed by atoms with E-state index in [1.807, 2.05) is 26.0 Å². The lowest BCUT2D eigenvalue weighted by Crippen LogP contribution is -2.22. The molecule has 10 rings (SSSR count). The number of pyridine rings is 2. The van der Waals surface area contributed by atoms with Crippen molar-refractivity contribution in [3.8, 4) is 45.8 Å². The van der Waals surface area contributed by atoms with Gasteiger partial charge in [0.25, 0.3) is 0 Å². The first kappa shape index (κ1) is 48.6. The normalized spacial score (nSPS) is 18.8. The standard InChI is InChI=1S/2C27H28ClN3O4/c2*1-14(27(32)33)25(17-5-6-17)18-7-4-16-8-9-22(35-23(16)10-18)26-15(2)31-21(13-30-26)19-11-24(34-3)29-12-20(19)28/h2*4,7,10-14,17,22,25H,5-6,8-9H2,1-3H3,(H,32,33)/t14-,22+,25-;14-,22-,25-/m00/s1. The first-order chi connectivity index (χ1) is 33.7. The Morgan fingerprint density at radius 3 is 1.34 bits per heavy atom. The second-order valence-corrected chi connectivity index (χ2v) is 19.7. The average Bonchev–Trinajstić information content (AvgIpc) is 4.32. The van der Waals surface area contributed by atoms with Crippen LogP contribution in [0.1, 0.15) is 121 Å². The lowest BCUT2D eigenvalue weighted by atomic mass is 9.82. The number of carboxylic acids is 2. The average molecular weight is 988 g/mol. The van der Waals surface area contributed by atoms with Gasteiger partial charge in [0.05, 0.1) is 83.7 Å². The summed E-state index contributed by atoms with van der Waals surface area (Å²) in [6, 6.07) is 15.9. The summed E-state index contributed by atoms with van der Waals surface area (Å²) in [5.74, 6) is 1.04. The van der Waals surface area contributed by atoms with Crippen LogP contribution >= 0.6 is 23.2 Å². The first-order valence-electron chi connectivity index (χ1n) is 23.8. The summed E-state index contributed by atoms with van der Waals surface area (Å²) in [6.07, 6.45) is 13.7. The predicted octanol–water partition coefficient (Wildman–Crippen LogP) is 11.6. The van der Waals surface area contributed by atoms with Crippen molar-refractivity contribution < 1.29 is 38.7 Å². The summed E-state index contributed by atoms with van der Waals surface area (Å²) >= 11 is 12.7. The Morgan fingerprint density at radius 1 is 0.600 bits per heavy atom. The van der Waals surface area contributed by atoms with Gasteiger partial charge in [0.15, 0.2) is 0 Å². The minimum Gasteiger partial charge on any atom is -0.484 e. The van der Waals surface area contributed by atoms with Crippen molar-refractivity contribution in [1.29, 1.82) is 0 Å². The molecule has 6 aromatic rings. The summed E-state index contributed by atoms with van der Waals surface area (Å²) in [6.45, 7) is 7.45. The van der Waals surface area contributed by atoms with Gasteiger partial charge in [-0.2, -0.15) is 0 Å². The molecule has 70 heavy (non-hydrogen) atoms. The fourth-order valence-electron chi connectivity index (χ4n) is 10.1. The Morgan fingerprint density at radius 2 is 1.00 bits per heavy atom. The maximum absolute atomic E-state index is 11.7. The van der Waals surface area contributed by atoms with E-state index in [0.29, 0.717) is 56.2 Å². The van der Waals surface area contributed by atoms with Crippen LogP contribution in [0.25, 0.3) is 22.5 Å². The van der Waals surface area contributed by atoms with E-state index in [0.717, 1.165) is 108 Å². The van der Waals surface area contributed by atoms with Gasteiger partial charge < -0.3 is 29.2 Å².